The molecule has 1 aromatic carbocycles. The van der Waals surface area contributed by atoms with Crippen molar-refractivity contribution in [2.45, 2.75) is 32.3 Å². The average Bonchev–Trinajstić information content (AvgIpc) is 2.51. The Morgan fingerprint density at radius 3 is 2.70 bits per heavy atom. The highest BCUT2D eigenvalue weighted by Gasteiger charge is 2.31. The van der Waals surface area contributed by atoms with Gasteiger partial charge in [0.15, 0.2) is 0 Å². The number of benzene rings is 1. The van der Waals surface area contributed by atoms with Crippen LogP contribution in [0.5, 0.6) is 0 Å². The molecule has 2 N–H and O–H groups in total. The van der Waals surface area contributed by atoms with E-state index in [9.17, 15) is 19.5 Å². The summed E-state index contributed by atoms with van der Waals surface area (Å²) in [6, 6.07) is 7.22. The maximum atomic E-state index is 12.6. The van der Waals surface area contributed by atoms with Gasteiger partial charge in [-0.2, -0.15) is 0 Å². The number of fused-ring (bicyclic) bond motifs is 1. The Bertz CT molecular complexity index is 616. The Morgan fingerprint density at radius 2 is 2.04 bits per heavy atom. The van der Waals surface area contributed by atoms with Crippen molar-refractivity contribution in [2.75, 3.05) is 13.1 Å². The van der Waals surface area contributed by atoms with Crippen molar-refractivity contribution in [3.05, 3.63) is 35.4 Å². The first kappa shape index (κ1) is 17.0. The number of aliphatic hydroxyl groups is 1. The van der Waals surface area contributed by atoms with Gasteiger partial charge in [0.1, 0.15) is 0 Å². The van der Waals surface area contributed by atoms with E-state index in [1.165, 1.54) is 16.9 Å². The number of amides is 2. The van der Waals surface area contributed by atoms with Crippen LogP contribution >= 0.6 is 0 Å². The molecule has 124 valence electrons. The molecule has 0 fully saturated rings. The summed E-state index contributed by atoms with van der Waals surface area (Å²) in [5, 5.41) is 21.1. The monoisotopic (exact) mass is 320 g/mol. The van der Waals surface area contributed by atoms with Crippen LogP contribution in [-0.2, 0) is 16.0 Å². The molecule has 2 amide bonds. The molecule has 23 heavy (non-hydrogen) atoms. The van der Waals surface area contributed by atoms with Crippen molar-refractivity contribution in [1.82, 2.24) is 10.0 Å². The number of carbonyl (C=O) groups excluding carboxylic acids is 2. The lowest BCUT2D eigenvalue weighted by molar-refractivity contribution is -0.146. The highest BCUT2D eigenvalue weighted by molar-refractivity contribution is 5.97. The highest BCUT2D eigenvalue weighted by atomic mass is 16.4. The molecule has 7 heteroatoms. The molecule has 0 saturated carbocycles. The Morgan fingerprint density at radius 1 is 1.35 bits per heavy atom. The van der Waals surface area contributed by atoms with Crippen LogP contribution < -0.4 is 0 Å². The lowest BCUT2D eigenvalue weighted by atomic mass is 10.00. The van der Waals surface area contributed by atoms with Crippen LogP contribution in [0.1, 0.15) is 35.7 Å². The molecule has 0 aromatic heterocycles. The third-order valence-electron chi connectivity index (χ3n) is 3.81. The van der Waals surface area contributed by atoms with Crippen LogP contribution in [0.2, 0.25) is 0 Å². The molecule has 1 unspecified atom stereocenters. The summed E-state index contributed by atoms with van der Waals surface area (Å²) in [7, 11) is 0. The number of hydrazine groups is 1. The van der Waals surface area contributed by atoms with Gasteiger partial charge in [-0.15, -0.1) is 0 Å². The Balaban J connectivity index is 2.11. The Labute approximate surface area is 134 Å². The van der Waals surface area contributed by atoms with Gasteiger partial charge in [-0.25, -0.2) is 10.0 Å². The third kappa shape index (κ3) is 4.07. The van der Waals surface area contributed by atoms with Crippen LogP contribution in [0, 0.1) is 0 Å². The van der Waals surface area contributed by atoms with E-state index in [-0.39, 0.29) is 31.2 Å². The first-order chi connectivity index (χ1) is 10.9. The van der Waals surface area contributed by atoms with E-state index >= 15 is 0 Å². The van der Waals surface area contributed by atoms with Gasteiger partial charge in [-0.1, -0.05) is 18.2 Å². The van der Waals surface area contributed by atoms with E-state index in [1.807, 2.05) is 12.1 Å². The number of carboxylic acids is 1. The second-order valence-electron chi connectivity index (χ2n) is 5.52. The summed E-state index contributed by atoms with van der Waals surface area (Å²) in [6.45, 7) is 1.56. The standard InChI is InChI=1S/C16H20N2O5/c1-11(19)18(10-13(20)6-7-15(21)22)17-9-8-12-4-2-3-5-14(12)16(17)23/h2-5,13,20H,6-10H2,1H3,(H,21,22). The van der Waals surface area contributed by atoms with Crippen molar-refractivity contribution in [2.24, 2.45) is 0 Å². The maximum absolute atomic E-state index is 12.6. The van der Waals surface area contributed by atoms with Crippen molar-refractivity contribution >= 4 is 17.8 Å². The molecule has 2 rings (SSSR count). The van der Waals surface area contributed by atoms with Gasteiger partial charge >= 0.3 is 5.97 Å². The maximum Gasteiger partial charge on any atom is 0.303 e. The number of rotatable bonds is 6. The highest BCUT2D eigenvalue weighted by Crippen LogP contribution is 2.20. The minimum atomic E-state index is -1.01. The number of aliphatic carboxylic acids is 1. The molecule has 0 saturated heterocycles. The van der Waals surface area contributed by atoms with E-state index in [1.54, 1.807) is 12.1 Å². The number of carboxylic acid groups (broad SMARTS) is 1. The first-order valence-electron chi connectivity index (χ1n) is 7.47. The van der Waals surface area contributed by atoms with Gasteiger partial charge in [0.25, 0.3) is 5.91 Å². The van der Waals surface area contributed by atoms with Crippen LogP contribution in [0.4, 0.5) is 0 Å². The fraction of sp³-hybridized carbons (Fsp3) is 0.438. The van der Waals surface area contributed by atoms with E-state index in [4.69, 9.17) is 5.11 Å². The average molecular weight is 320 g/mol. The van der Waals surface area contributed by atoms with Gasteiger partial charge in [0.05, 0.1) is 12.6 Å². The number of nitrogens with zero attached hydrogens (tertiary/aromatic N) is 2. The largest absolute Gasteiger partial charge is 0.481 e. The summed E-state index contributed by atoms with van der Waals surface area (Å²) >= 11 is 0. The third-order valence-corrected chi connectivity index (χ3v) is 3.81. The van der Waals surface area contributed by atoms with E-state index in [0.29, 0.717) is 18.5 Å². The smallest absolute Gasteiger partial charge is 0.303 e. The number of carbonyl (C=O) groups is 3. The second kappa shape index (κ2) is 7.23. The summed E-state index contributed by atoms with van der Waals surface area (Å²) in [5.74, 6) is -1.67. The predicted molar refractivity (Wildman–Crippen MR) is 81.4 cm³/mol. The van der Waals surface area contributed by atoms with Crippen molar-refractivity contribution in [3.63, 3.8) is 0 Å². The molecule has 1 aliphatic rings. The zero-order valence-corrected chi connectivity index (χ0v) is 12.9. The lowest BCUT2D eigenvalue weighted by Crippen LogP contribution is -2.54. The van der Waals surface area contributed by atoms with Gasteiger partial charge in [0, 0.05) is 25.5 Å². The molecule has 0 spiro atoms. The van der Waals surface area contributed by atoms with Crippen molar-refractivity contribution in [3.8, 4) is 0 Å². The normalized spacial score (nSPS) is 15.0. The van der Waals surface area contributed by atoms with Crippen molar-refractivity contribution in [1.29, 1.82) is 0 Å². The fourth-order valence-corrected chi connectivity index (χ4v) is 2.62. The fourth-order valence-electron chi connectivity index (χ4n) is 2.62. The van der Waals surface area contributed by atoms with Crippen LogP contribution in [0.15, 0.2) is 24.3 Å². The van der Waals surface area contributed by atoms with Gasteiger partial charge < -0.3 is 10.2 Å². The summed E-state index contributed by atoms with van der Waals surface area (Å²) in [5.41, 5.74) is 1.48. The molecular formula is C16H20N2O5. The van der Waals surface area contributed by atoms with Gasteiger partial charge in [-0.05, 0) is 24.5 Å². The quantitative estimate of drug-likeness (QED) is 0.803. The second-order valence-corrected chi connectivity index (χ2v) is 5.52. The van der Waals surface area contributed by atoms with Gasteiger partial charge in [0.2, 0.25) is 5.91 Å². The molecule has 1 atom stereocenters. The van der Waals surface area contributed by atoms with Crippen LogP contribution in [0.3, 0.4) is 0 Å². The molecule has 0 aliphatic carbocycles. The van der Waals surface area contributed by atoms with Gasteiger partial charge in [-0.3, -0.25) is 14.4 Å². The summed E-state index contributed by atoms with van der Waals surface area (Å²) in [6.07, 6.45) is -0.543. The number of hydrogen-bond donors (Lipinski definition) is 2. The predicted octanol–water partition coefficient (Wildman–Crippen LogP) is 0.674. The Kier molecular flexibility index (Phi) is 5.33. The SMILES string of the molecule is CC(=O)N(CC(O)CCC(=O)O)N1CCc2ccccc2C1=O. The summed E-state index contributed by atoms with van der Waals surface area (Å²) < 4.78 is 0. The van der Waals surface area contributed by atoms with Crippen LogP contribution in [-0.4, -0.2) is 57.2 Å². The minimum absolute atomic E-state index is 0.0255. The van der Waals surface area contributed by atoms with E-state index < -0.39 is 12.1 Å². The van der Waals surface area contributed by atoms with E-state index in [2.05, 4.69) is 0 Å². The van der Waals surface area contributed by atoms with E-state index in [0.717, 1.165) is 5.56 Å². The van der Waals surface area contributed by atoms with Crippen molar-refractivity contribution < 1.29 is 24.6 Å². The first-order valence-corrected chi connectivity index (χ1v) is 7.47. The molecule has 1 heterocycles. The summed E-state index contributed by atoms with van der Waals surface area (Å²) in [4.78, 5) is 35.0. The number of hydrogen-bond acceptors (Lipinski definition) is 4. The molecule has 0 bridgehead atoms. The lowest BCUT2D eigenvalue weighted by Gasteiger charge is -2.38. The zero-order valence-electron chi connectivity index (χ0n) is 12.9. The molecule has 1 aliphatic heterocycles. The molecule has 1 aromatic rings. The number of aliphatic hydroxyl groups excluding tert-OH is 1. The molecule has 0 radical (unpaired) electrons. The topological polar surface area (TPSA) is 98.2 Å². The minimum Gasteiger partial charge on any atom is -0.481 e. The van der Waals surface area contributed by atoms with Crippen LogP contribution in [0.25, 0.3) is 0 Å². The zero-order chi connectivity index (χ0) is 17.0. The molecule has 7 nitrogen and oxygen atoms in total. The molecular weight excluding hydrogens is 300 g/mol. The Hall–Kier alpha value is -2.41.